The molecule has 1 radical (unpaired) electrons. The molecule has 1 aromatic carbocycles. The smallest absolute Gasteiger partial charge is 0.137 e. The summed E-state index contributed by atoms with van der Waals surface area (Å²) in [5, 5.41) is 0. The van der Waals surface area contributed by atoms with E-state index in [1.165, 1.54) is 25.7 Å². The molecule has 0 N–H and O–H groups in total. The molecule has 1 aliphatic rings. The molecule has 0 heterocycles. The van der Waals surface area contributed by atoms with Crippen LogP contribution in [0, 0.1) is 12.0 Å². The third kappa shape index (κ3) is 2.28. The van der Waals surface area contributed by atoms with Crippen LogP contribution in [0.2, 0.25) is 0 Å². The van der Waals surface area contributed by atoms with Crippen molar-refractivity contribution < 1.29 is 4.79 Å². The number of hydrogen-bond acceptors (Lipinski definition) is 1. The van der Waals surface area contributed by atoms with E-state index in [9.17, 15) is 4.79 Å². The number of hydrogen-bond donors (Lipinski definition) is 0. The highest BCUT2D eigenvalue weighted by Crippen LogP contribution is 2.37. The van der Waals surface area contributed by atoms with Gasteiger partial charge in [0.05, 0.1) is 0 Å². The van der Waals surface area contributed by atoms with Gasteiger partial charge in [-0.2, -0.15) is 0 Å². The van der Waals surface area contributed by atoms with Crippen LogP contribution in [-0.2, 0) is 4.79 Å². The van der Waals surface area contributed by atoms with E-state index in [4.69, 9.17) is 0 Å². The van der Waals surface area contributed by atoms with E-state index in [1.54, 1.807) is 6.92 Å². The van der Waals surface area contributed by atoms with Crippen LogP contribution in [-0.4, -0.2) is 5.78 Å². The first-order valence-corrected chi connectivity index (χ1v) is 5.75. The Hall–Kier alpha value is -1.11. The lowest BCUT2D eigenvalue weighted by atomic mass is 9.82. The van der Waals surface area contributed by atoms with Crippen LogP contribution in [0.4, 0.5) is 0 Å². The topological polar surface area (TPSA) is 17.1 Å². The predicted molar refractivity (Wildman–Crippen MR) is 60.7 cm³/mol. The number of ketones is 1. The van der Waals surface area contributed by atoms with E-state index in [-0.39, 0.29) is 5.92 Å². The molecule has 0 spiro atoms. The van der Waals surface area contributed by atoms with Gasteiger partial charge in [0.1, 0.15) is 5.78 Å². The molecule has 15 heavy (non-hydrogen) atoms. The fourth-order valence-electron chi connectivity index (χ4n) is 2.73. The van der Waals surface area contributed by atoms with Crippen molar-refractivity contribution in [1.82, 2.24) is 0 Å². The molecule has 0 aliphatic heterocycles. The summed E-state index contributed by atoms with van der Waals surface area (Å²) in [6.07, 6.45) is 4.98. The van der Waals surface area contributed by atoms with Crippen LogP contribution < -0.4 is 0 Å². The lowest BCUT2D eigenvalue weighted by Gasteiger charge is -2.20. The first-order chi connectivity index (χ1) is 7.29. The standard InChI is InChI=1S/C14H17O/c1-11(15)14(13-9-5-6-10-13)12-7-3-2-4-8-12/h2-3,7-8,13-14H,5-6,9-10H2,1H3. The van der Waals surface area contributed by atoms with Crippen molar-refractivity contribution in [3.05, 3.63) is 35.9 Å². The zero-order valence-corrected chi connectivity index (χ0v) is 9.20. The van der Waals surface area contributed by atoms with Gasteiger partial charge in [0.15, 0.2) is 0 Å². The summed E-state index contributed by atoms with van der Waals surface area (Å²) in [7, 11) is 0. The van der Waals surface area contributed by atoms with E-state index in [0.717, 1.165) is 5.56 Å². The Kier molecular flexibility index (Phi) is 3.20. The van der Waals surface area contributed by atoms with E-state index >= 15 is 0 Å². The van der Waals surface area contributed by atoms with Crippen molar-refractivity contribution in [2.45, 2.75) is 38.5 Å². The van der Waals surface area contributed by atoms with Crippen molar-refractivity contribution in [3.8, 4) is 0 Å². The van der Waals surface area contributed by atoms with Crippen molar-refractivity contribution in [3.63, 3.8) is 0 Å². The monoisotopic (exact) mass is 201 g/mol. The average Bonchev–Trinajstić information content (AvgIpc) is 2.72. The summed E-state index contributed by atoms with van der Waals surface area (Å²) in [5.74, 6) is 0.991. The molecular weight excluding hydrogens is 184 g/mol. The lowest BCUT2D eigenvalue weighted by molar-refractivity contribution is -0.119. The summed E-state index contributed by atoms with van der Waals surface area (Å²) in [4.78, 5) is 11.7. The van der Waals surface area contributed by atoms with Crippen LogP contribution in [0.25, 0.3) is 0 Å². The molecular formula is C14H17O. The number of rotatable bonds is 3. The molecule has 0 saturated heterocycles. The summed E-state index contributed by atoms with van der Waals surface area (Å²) >= 11 is 0. The maximum absolute atomic E-state index is 11.7. The molecule has 1 nitrogen and oxygen atoms in total. The van der Waals surface area contributed by atoms with Gasteiger partial charge in [0.2, 0.25) is 0 Å². The van der Waals surface area contributed by atoms with Gasteiger partial charge in [-0.25, -0.2) is 0 Å². The zero-order chi connectivity index (χ0) is 10.7. The number of carbonyl (C=O) groups is 1. The van der Waals surface area contributed by atoms with Crippen LogP contribution in [0.5, 0.6) is 0 Å². The average molecular weight is 201 g/mol. The van der Waals surface area contributed by atoms with Crippen LogP contribution >= 0.6 is 0 Å². The summed E-state index contributed by atoms with van der Waals surface area (Å²) in [5.41, 5.74) is 1.15. The molecule has 0 amide bonds. The first kappa shape index (κ1) is 10.4. The van der Waals surface area contributed by atoms with Crippen LogP contribution in [0.15, 0.2) is 24.3 Å². The van der Waals surface area contributed by atoms with Gasteiger partial charge < -0.3 is 0 Å². The van der Waals surface area contributed by atoms with Crippen molar-refractivity contribution in [2.24, 2.45) is 5.92 Å². The summed E-state index contributed by atoms with van der Waals surface area (Å²) in [6.45, 7) is 1.72. The van der Waals surface area contributed by atoms with Crippen LogP contribution in [0.3, 0.4) is 0 Å². The summed E-state index contributed by atoms with van der Waals surface area (Å²) in [6, 6.07) is 10.9. The number of carbonyl (C=O) groups excluding carboxylic acids is 1. The van der Waals surface area contributed by atoms with E-state index < -0.39 is 0 Å². The highest BCUT2D eigenvalue weighted by atomic mass is 16.1. The first-order valence-electron chi connectivity index (χ1n) is 5.75. The van der Waals surface area contributed by atoms with Gasteiger partial charge in [-0.1, -0.05) is 37.1 Å². The van der Waals surface area contributed by atoms with Gasteiger partial charge in [0.25, 0.3) is 0 Å². The molecule has 2 rings (SSSR count). The van der Waals surface area contributed by atoms with E-state index in [0.29, 0.717) is 11.7 Å². The maximum Gasteiger partial charge on any atom is 0.137 e. The van der Waals surface area contributed by atoms with E-state index in [2.05, 4.69) is 12.1 Å². The lowest BCUT2D eigenvalue weighted by Crippen LogP contribution is -2.17. The molecule has 1 saturated carbocycles. The Morgan fingerprint density at radius 2 is 2.20 bits per heavy atom. The Balaban J connectivity index is 2.23. The molecule has 0 aromatic heterocycles. The molecule has 1 aliphatic carbocycles. The normalized spacial score (nSPS) is 19.0. The highest BCUT2D eigenvalue weighted by Gasteiger charge is 2.29. The van der Waals surface area contributed by atoms with E-state index in [1.807, 2.05) is 18.2 Å². The second kappa shape index (κ2) is 4.61. The molecule has 0 bridgehead atoms. The minimum Gasteiger partial charge on any atom is -0.299 e. The Labute approximate surface area is 91.5 Å². The van der Waals surface area contributed by atoms with Gasteiger partial charge in [-0.3, -0.25) is 4.79 Å². The highest BCUT2D eigenvalue weighted by molar-refractivity contribution is 5.83. The predicted octanol–water partition coefficient (Wildman–Crippen LogP) is 3.35. The molecule has 1 fully saturated rings. The third-order valence-electron chi connectivity index (χ3n) is 3.40. The number of Topliss-reactive ketones (excluding diaryl/α,β-unsaturated/α-hetero) is 1. The minimum absolute atomic E-state index is 0.116. The van der Waals surface area contributed by atoms with Gasteiger partial charge >= 0.3 is 0 Å². The quantitative estimate of drug-likeness (QED) is 0.733. The van der Waals surface area contributed by atoms with Crippen molar-refractivity contribution in [1.29, 1.82) is 0 Å². The molecule has 1 heteroatoms. The second-order valence-corrected chi connectivity index (χ2v) is 4.47. The molecule has 79 valence electrons. The van der Waals surface area contributed by atoms with Crippen molar-refractivity contribution >= 4 is 5.78 Å². The second-order valence-electron chi connectivity index (χ2n) is 4.47. The number of benzene rings is 1. The molecule has 1 unspecified atom stereocenters. The summed E-state index contributed by atoms with van der Waals surface area (Å²) < 4.78 is 0. The van der Waals surface area contributed by atoms with Crippen LogP contribution in [0.1, 0.15) is 44.1 Å². The Morgan fingerprint density at radius 1 is 1.47 bits per heavy atom. The largest absolute Gasteiger partial charge is 0.299 e. The maximum atomic E-state index is 11.7. The fourth-order valence-corrected chi connectivity index (χ4v) is 2.73. The van der Waals surface area contributed by atoms with Gasteiger partial charge in [-0.05, 0) is 37.3 Å². The minimum atomic E-state index is 0.116. The Bertz CT molecular complexity index is 322. The molecule has 1 aromatic rings. The van der Waals surface area contributed by atoms with Crippen molar-refractivity contribution in [2.75, 3.05) is 0 Å². The Morgan fingerprint density at radius 3 is 2.73 bits per heavy atom. The van der Waals surface area contributed by atoms with Gasteiger partial charge in [-0.15, -0.1) is 0 Å². The molecule has 1 atom stereocenters. The zero-order valence-electron chi connectivity index (χ0n) is 9.20. The fraction of sp³-hybridized carbons (Fsp3) is 0.500. The SMILES string of the molecule is CC(=O)C(c1c[c]ccc1)C1CCCC1. The third-order valence-corrected chi connectivity index (χ3v) is 3.40. The van der Waals surface area contributed by atoms with Gasteiger partial charge in [0, 0.05) is 5.92 Å².